The first-order chi connectivity index (χ1) is 5.23. The summed E-state index contributed by atoms with van der Waals surface area (Å²) >= 11 is 0. The maximum Gasteiger partial charge on any atom is 0.153 e. The third-order valence-electron chi connectivity index (χ3n) is 2.62. The molecule has 0 aromatic rings. The Bertz CT molecular complexity index is 173. The molecule has 1 N–H and O–H groups in total. The molecule has 1 aliphatic rings. The lowest BCUT2D eigenvalue weighted by Gasteiger charge is -2.21. The van der Waals surface area contributed by atoms with Gasteiger partial charge < -0.3 is 5.11 Å². The Hall–Kier alpha value is -0.550. The number of nitriles is 1. The molecule has 0 aliphatic heterocycles. The van der Waals surface area contributed by atoms with E-state index in [1.165, 1.54) is 0 Å². The largest absolute Gasteiger partial charge is 0.375 e. The number of rotatable bonds is 2. The number of aliphatic hydroxyl groups is 1. The Morgan fingerprint density at radius 3 is 3.00 bits per heavy atom. The summed E-state index contributed by atoms with van der Waals surface area (Å²) in [5, 5.41) is 18.5. The molecular formula is C9H15NO. The van der Waals surface area contributed by atoms with Crippen molar-refractivity contribution in [1.29, 1.82) is 5.26 Å². The van der Waals surface area contributed by atoms with E-state index in [0.717, 1.165) is 25.7 Å². The molecule has 1 aliphatic carbocycles. The quantitative estimate of drug-likeness (QED) is 0.615. The van der Waals surface area contributed by atoms with Gasteiger partial charge in [-0.2, -0.15) is 5.26 Å². The molecular weight excluding hydrogens is 138 g/mol. The van der Waals surface area contributed by atoms with Crippen LogP contribution in [-0.4, -0.2) is 10.7 Å². The number of hydrogen-bond acceptors (Lipinski definition) is 2. The average molecular weight is 153 g/mol. The van der Waals surface area contributed by atoms with E-state index in [0.29, 0.717) is 6.42 Å². The molecule has 1 rings (SSSR count). The van der Waals surface area contributed by atoms with Gasteiger partial charge in [-0.25, -0.2) is 0 Å². The van der Waals surface area contributed by atoms with Crippen LogP contribution in [0.25, 0.3) is 0 Å². The van der Waals surface area contributed by atoms with Crippen molar-refractivity contribution in [2.45, 2.75) is 44.6 Å². The van der Waals surface area contributed by atoms with Crippen LogP contribution in [-0.2, 0) is 0 Å². The molecule has 1 fully saturated rings. The van der Waals surface area contributed by atoms with Crippen LogP contribution >= 0.6 is 0 Å². The summed E-state index contributed by atoms with van der Waals surface area (Å²) in [6.07, 6.45) is 4.76. The molecule has 0 unspecified atom stereocenters. The summed E-state index contributed by atoms with van der Waals surface area (Å²) in [6, 6.07) is 2.03. The average Bonchev–Trinajstić information content (AvgIpc) is 2.35. The van der Waals surface area contributed by atoms with Gasteiger partial charge in [0.15, 0.2) is 5.60 Å². The van der Waals surface area contributed by atoms with Gasteiger partial charge in [-0.3, -0.25) is 0 Å². The van der Waals surface area contributed by atoms with E-state index in [2.05, 4.69) is 6.92 Å². The third-order valence-corrected chi connectivity index (χ3v) is 2.62. The zero-order valence-electron chi connectivity index (χ0n) is 7.01. The smallest absolute Gasteiger partial charge is 0.153 e. The molecule has 0 heterocycles. The van der Waals surface area contributed by atoms with Crippen LogP contribution < -0.4 is 0 Å². The van der Waals surface area contributed by atoms with Gasteiger partial charge in [-0.15, -0.1) is 0 Å². The fourth-order valence-electron chi connectivity index (χ4n) is 1.94. The minimum Gasteiger partial charge on any atom is -0.375 e. The lowest BCUT2D eigenvalue weighted by molar-refractivity contribution is 0.0547. The van der Waals surface area contributed by atoms with E-state index in [1.54, 1.807) is 0 Å². The van der Waals surface area contributed by atoms with Crippen LogP contribution in [0.3, 0.4) is 0 Å². The highest BCUT2D eigenvalue weighted by Crippen LogP contribution is 2.37. The SMILES string of the molecule is CCC[C@@H]1CCC[C@]1(O)C#N. The topological polar surface area (TPSA) is 44.0 Å². The second-order valence-electron chi connectivity index (χ2n) is 3.41. The van der Waals surface area contributed by atoms with Crippen LogP contribution in [0.5, 0.6) is 0 Å². The third kappa shape index (κ3) is 1.54. The standard InChI is InChI=1S/C9H15NO/c1-2-4-8-5-3-6-9(8,11)7-10/h8,11H,2-6H2,1H3/t8-,9+/m1/s1. The van der Waals surface area contributed by atoms with E-state index in [9.17, 15) is 5.11 Å². The Balaban J connectivity index is 2.59. The van der Waals surface area contributed by atoms with Gasteiger partial charge in [0, 0.05) is 5.92 Å². The molecule has 0 amide bonds. The van der Waals surface area contributed by atoms with Crippen molar-refractivity contribution in [3.05, 3.63) is 0 Å². The van der Waals surface area contributed by atoms with Gasteiger partial charge in [0.05, 0.1) is 6.07 Å². The monoisotopic (exact) mass is 153 g/mol. The maximum atomic E-state index is 9.73. The van der Waals surface area contributed by atoms with Crippen LogP contribution in [0.2, 0.25) is 0 Å². The van der Waals surface area contributed by atoms with Gasteiger partial charge in [-0.05, 0) is 25.7 Å². The summed E-state index contributed by atoms with van der Waals surface area (Å²) in [4.78, 5) is 0. The van der Waals surface area contributed by atoms with Gasteiger partial charge in [0.1, 0.15) is 0 Å². The summed E-state index contributed by atoms with van der Waals surface area (Å²) in [5.74, 6) is 0.234. The Labute approximate surface area is 67.8 Å². The van der Waals surface area contributed by atoms with Crippen LogP contribution in [0, 0.1) is 17.2 Å². The normalized spacial score (nSPS) is 37.0. The van der Waals surface area contributed by atoms with Crippen molar-refractivity contribution in [3.63, 3.8) is 0 Å². The molecule has 0 saturated heterocycles. The van der Waals surface area contributed by atoms with E-state index in [-0.39, 0.29) is 5.92 Å². The Morgan fingerprint density at radius 1 is 1.73 bits per heavy atom. The van der Waals surface area contributed by atoms with E-state index >= 15 is 0 Å². The summed E-state index contributed by atoms with van der Waals surface area (Å²) in [6.45, 7) is 2.09. The highest BCUT2D eigenvalue weighted by atomic mass is 16.3. The molecule has 0 spiro atoms. The van der Waals surface area contributed by atoms with Crippen LogP contribution in [0.4, 0.5) is 0 Å². The highest BCUT2D eigenvalue weighted by molar-refractivity contribution is 5.07. The van der Waals surface area contributed by atoms with Crippen molar-refractivity contribution in [3.8, 4) is 6.07 Å². The van der Waals surface area contributed by atoms with Crippen molar-refractivity contribution in [1.82, 2.24) is 0 Å². The van der Waals surface area contributed by atoms with Crippen molar-refractivity contribution >= 4 is 0 Å². The summed E-state index contributed by atoms with van der Waals surface area (Å²) in [5.41, 5.74) is -0.990. The van der Waals surface area contributed by atoms with E-state index in [1.807, 2.05) is 6.07 Å². The van der Waals surface area contributed by atoms with Gasteiger partial charge in [0.2, 0.25) is 0 Å². The zero-order valence-corrected chi connectivity index (χ0v) is 7.01. The number of hydrogen-bond donors (Lipinski definition) is 1. The fraction of sp³-hybridized carbons (Fsp3) is 0.889. The minimum atomic E-state index is -0.990. The molecule has 2 nitrogen and oxygen atoms in total. The second-order valence-corrected chi connectivity index (χ2v) is 3.41. The zero-order chi connectivity index (χ0) is 8.32. The molecule has 2 heteroatoms. The van der Waals surface area contributed by atoms with Crippen LogP contribution in [0.15, 0.2) is 0 Å². The molecule has 0 bridgehead atoms. The molecule has 1 saturated carbocycles. The second kappa shape index (κ2) is 3.23. The molecule has 62 valence electrons. The predicted molar refractivity (Wildman–Crippen MR) is 42.8 cm³/mol. The Kier molecular flexibility index (Phi) is 2.51. The highest BCUT2D eigenvalue weighted by Gasteiger charge is 2.40. The first kappa shape index (κ1) is 8.55. The molecule has 11 heavy (non-hydrogen) atoms. The van der Waals surface area contributed by atoms with E-state index < -0.39 is 5.60 Å². The molecule has 0 radical (unpaired) electrons. The van der Waals surface area contributed by atoms with Crippen LogP contribution in [0.1, 0.15) is 39.0 Å². The first-order valence-corrected chi connectivity index (χ1v) is 4.36. The van der Waals surface area contributed by atoms with Crippen molar-refractivity contribution in [2.75, 3.05) is 0 Å². The van der Waals surface area contributed by atoms with Gasteiger partial charge in [-0.1, -0.05) is 13.3 Å². The lowest BCUT2D eigenvalue weighted by Crippen LogP contribution is -2.30. The molecule has 0 aromatic heterocycles. The molecule has 0 aromatic carbocycles. The van der Waals surface area contributed by atoms with E-state index in [4.69, 9.17) is 5.26 Å². The number of nitrogens with zero attached hydrogens (tertiary/aromatic N) is 1. The summed E-state index contributed by atoms with van der Waals surface area (Å²) in [7, 11) is 0. The van der Waals surface area contributed by atoms with Crippen molar-refractivity contribution < 1.29 is 5.11 Å². The minimum absolute atomic E-state index is 0.234. The summed E-state index contributed by atoms with van der Waals surface area (Å²) < 4.78 is 0. The Morgan fingerprint density at radius 2 is 2.45 bits per heavy atom. The lowest BCUT2D eigenvalue weighted by atomic mass is 9.89. The van der Waals surface area contributed by atoms with Gasteiger partial charge >= 0.3 is 0 Å². The van der Waals surface area contributed by atoms with Crippen molar-refractivity contribution in [2.24, 2.45) is 5.92 Å². The molecule has 2 atom stereocenters. The first-order valence-electron chi connectivity index (χ1n) is 4.36. The predicted octanol–water partition coefficient (Wildman–Crippen LogP) is 1.84. The van der Waals surface area contributed by atoms with Gasteiger partial charge in [0.25, 0.3) is 0 Å². The maximum absolute atomic E-state index is 9.73. The fourth-order valence-corrected chi connectivity index (χ4v) is 1.94.